The smallest absolute Gasteiger partial charge is 0.244 e. The number of hydrogen-bond acceptors (Lipinski definition) is 5. The number of anilines is 2. The van der Waals surface area contributed by atoms with Gasteiger partial charge in [-0.25, -0.2) is 4.98 Å². The average molecular weight is 330 g/mol. The monoisotopic (exact) mass is 330 g/mol. The summed E-state index contributed by atoms with van der Waals surface area (Å²) in [5.74, 6) is -0.0568. The molecule has 2 aliphatic rings. The molecule has 6 heteroatoms. The Labute approximate surface area is 139 Å². The van der Waals surface area contributed by atoms with E-state index in [2.05, 4.69) is 10.2 Å². The van der Waals surface area contributed by atoms with Gasteiger partial charge in [-0.2, -0.15) is 0 Å². The first-order valence-corrected chi connectivity index (χ1v) is 9.22. The second kappa shape index (κ2) is 5.76. The van der Waals surface area contributed by atoms with Crippen molar-refractivity contribution in [3.63, 3.8) is 0 Å². The van der Waals surface area contributed by atoms with Crippen LogP contribution in [-0.2, 0) is 4.79 Å². The minimum absolute atomic E-state index is 0.0568. The maximum atomic E-state index is 12.4. The molecule has 5 nitrogen and oxygen atoms in total. The van der Waals surface area contributed by atoms with Crippen LogP contribution in [0.5, 0.6) is 0 Å². The molecule has 2 fully saturated rings. The lowest BCUT2D eigenvalue weighted by Crippen LogP contribution is -2.48. The Morgan fingerprint density at radius 1 is 1.22 bits per heavy atom. The van der Waals surface area contributed by atoms with Crippen LogP contribution in [0.1, 0.15) is 38.5 Å². The summed E-state index contributed by atoms with van der Waals surface area (Å²) in [5, 5.41) is 4.09. The number of nitrogens with zero attached hydrogens (tertiary/aromatic N) is 2. The van der Waals surface area contributed by atoms with E-state index in [0.717, 1.165) is 59.8 Å². The van der Waals surface area contributed by atoms with Crippen molar-refractivity contribution in [2.75, 3.05) is 23.3 Å². The average Bonchev–Trinajstić information content (AvgIpc) is 3.27. The number of amides is 1. The van der Waals surface area contributed by atoms with Crippen LogP contribution >= 0.6 is 11.3 Å². The summed E-state index contributed by atoms with van der Waals surface area (Å²) < 4.78 is 1.11. The number of carbonyl (C=O) groups excluding carboxylic acids is 1. The van der Waals surface area contributed by atoms with Crippen LogP contribution in [0, 0.1) is 0 Å². The summed E-state index contributed by atoms with van der Waals surface area (Å²) in [7, 11) is 0. The topological polar surface area (TPSA) is 71.2 Å². The van der Waals surface area contributed by atoms with E-state index in [0.29, 0.717) is 0 Å². The summed E-state index contributed by atoms with van der Waals surface area (Å²) in [4.78, 5) is 19.5. The number of nitrogens with two attached hydrogens (primary N) is 1. The largest absolute Gasteiger partial charge is 0.348 e. The third kappa shape index (κ3) is 2.81. The van der Waals surface area contributed by atoms with Gasteiger partial charge in [-0.1, -0.05) is 24.2 Å². The Bertz CT molecular complexity index is 729. The molecule has 2 aromatic rings. The summed E-state index contributed by atoms with van der Waals surface area (Å²) >= 11 is 1.70. The number of carbonyl (C=O) groups is 1. The highest BCUT2D eigenvalue weighted by molar-refractivity contribution is 7.22. The molecule has 3 N–H and O–H groups in total. The molecule has 0 radical (unpaired) electrons. The lowest BCUT2D eigenvalue weighted by Gasteiger charge is -2.22. The van der Waals surface area contributed by atoms with Gasteiger partial charge >= 0.3 is 0 Å². The van der Waals surface area contributed by atoms with Gasteiger partial charge in [-0.15, -0.1) is 0 Å². The van der Waals surface area contributed by atoms with Gasteiger partial charge in [0, 0.05) is 18.8 Å². The number of thiazole rings is 1. The molecule has 1 amide bonds. The third-order valence-corrected chi connectivity index (χ3v) is 6.04. The molecule has 2 heterocycles. The minimum atomic E-state index is -0.691. The maximum Gasteiger partial charge on any atom is 0.244 e. The van der Waals surface area contributed by atoms with Crippen molar-refractivity contribution in [2.45, 2.75) is 44.1 Å². The number of nitrogens with one attached hydrogen (secondary N) is 1. The summed E-state index contributed by atoms with van der Waals surface area (Å²) in [6.07, 6.45) is 6.13. The summed E-state index contributed by atoms with van der Waals surface area (Å²) in [6.45, 7) is 2.19. The number of hydrogen-bond donors (Lipinski definition) is 2. The van der Waals surface area contributed by atoms with Gasteiger partial charge in [0.05, 0.1) is 15.8 Å². The fraction of sp³-hybridized carbons (Fsp3) is 0.529. The van der Waals surface area contributed by atoms with Crippen molar-refractivity contribution in [1.82, 2.24) is 4.98 Å². The first-order chi connectivity index (χ1) is 11.1. The zero-order valence-electron chi connectivity index (χ0n) is 13.2. The first kappa shape index (κ1) is 14.9. The summed E-state index contributed by atoms with van der Waals surface area (Å²) in [5.41, 5.74) is 7.34. The van der Waals surface area contributed by atoms with E-state index in [-0.39, 0.29) is 5.91 Å². The molecule has 1 aromatic heterocycles. The molecule has 4 rings (SSSR count). The molecule has 1 aromatic carbocycles. The molecule has 1 aliphatic heterocycles. The Morgan fingerprint density at radius 2 is 1.96 bits per heavy atom. The van der Waals surface area contributed by atoms with E-state index >= 15 is 0 Å². The normalized spacial score (nSPS) is 20.3. The molecule has 0 atom stereocenters. The van der Waals surface area contributed by atoms with Crippen LogP contribution in [-0.4, -0.2) is 29.5 Å². The van der Waals surface area contributed by atoms with Gasteiger partial charge in [-0.05, 0) is 43.9 Å². The molecule has 1 saturated heterocycles. The predicted molar refractivity (Wildman–Crippen MR) is 95.1 cm³/mol. The second-order valence-electron chi connectivity index (χ2n) is 6.69. The highest BCUT2D eigenvalue weighted by Crippen LogP contribution is 2.33. The Kier molecular flexibility index (Phi) is 3.73. The third-order valence-electron chi connectivity index (χ3n) is 4.96. The van der Waals surface area contributed by atoms with Gasteiger partial charge in [0.2, 0.25) is 5.91 Å². The van der Waals surface area contributed by atoms with Crippen LogP contribution in [0.15, 0.2) is 18.2 Å². The molecule has 122 valence electrons. The van der Waals surface area contributed by atoms with Crippen molar-refractivity contribution in [3.8, 4) is 0 Å². The highest BCUT2D eigenvalue weighted by Gasteiger charge is 2.37. The number of benzene rings is 1. The van der Waals surface area contributed by atoms with Crippen molar-refractivity contribution in [1.29, 1.82) is 0 Å². The Hall–Kier alpha value is -1.66. The quantitative estimate of drug-likeness (QED) is 0.907. The van der Waals surface area contributed by atoms with Gasteiger partial charge in [-0.3, -0.25) is 4.79 Å². The Balaban J connectivity index is 1.55. The predicted octanol–water partition coefficient (Wildman–Crippen LogP) is 3.11. The van der Waals surface area contributed by atoms with Gasteiger partial charge in [0.1, 0.15) is 0 Å². The van der Waals surface area contributed by atoms with E-state index in [1.165, 1.54) is 12.8 Å². The lowest BCUT2D eigenvalue weighted by molar-refractivity contribution is -0.121. The van der Waals surface area contributed by atoms with E-state index in [9.17, 15) is 4.79 Å². The molecule has 1 aliphatic carbocycles. The molecule has 23 heavy (non-hydrogen) atoms. The molecule has 0 unspecified atom stereocenters. The van der Waals surface area contributed by atoms with Crippen LogP contribution < -0.4 is 16.0 Å². The molecular weight excluding hydrogens is 308 g/mol. The van der Waals surface area contributed by atoms with Crippen LogP contribution in [0.2, 0.25) is 0 Å². The first-order valence-electron chi connectivity index (χ1n) is 8.40. The van der Waals surface area contributed by atoms with Crippen molar-refractivity contribution < 1.29 is 4.79 Å². The van der Waals surface area contributed by atoms with Gasteiger partial charge in [0.25, 0.3) is 0 Å². The van der Waals surface area contributed by atoms with E-state index in [1.54, 1.807) is 11.3 Å². The standard InChI is InChI=1S/C17H22N4OS/c18-17(7-1-2-8-17)15(22)19-12-5-6-13-14(11-12)23-16(20-13)21-9-3-4-10-21/h5-6,11H,1-4,7-10,18H2,(H,19,22). The van der Waals surface area contributed by atoms with E-state index < -0.39 is 5.54 Å². The molecular formula is C17H22N4OS. The van der Waals surface area contributed by atoms with Crippen molar-refractivity contribution >= 4 is 38.3 Å². The number of aromatic nitrogens is 1. The fourth-order valence-corrected chi connectivity index (χ4v) is 4.58. The lowest BCUT2D eigenvalue weighted by atomic mass is 9.98. The van der Waals surface area contributed by atoms with Crippen LogP contribution in [0.3, 0.4) is 0 Å². The zero-order chi connectivity index (χ0) is 15.9. The molecule has 0 spiro atoms. The Morgan fingerprint density at radius 3 is 2.70 bits per heavy atom. The number of rotatable bonds is 3. The zero-order valence-corrected chi connectivity index (χ0v) is 14.0. The second-order valence-corrected chi connectivity index (χ2v) is 7.70. The van der Waals surface area contributed by atoms with Crippen LogP contribution in [0.4, 0.5) is 10.8 Å². The van der Waals surface area contributed by atoms with E-state index in [4.69, 9.17) is 10.7 Å². The highest BCUT2D eigenvalue weighted by atomic mass is 32.1. The minimum Gasteiger partial charge on any atom is -0.348 e. The summed E-state index contributed by atoms with van der Waals surface area (Å²) in [6, 6.07) is 5.92. The van der Waals surface area contributed by atoms with Gasteiger partial charge < -0.3 is 16.0 Å². The van der Waals surface area contributed by atoms with Crippen LogP contribution in [0.25, 0.3) is 10.2 Å². The van der Waals surface area contributed by atoms with E-state index in [1.807, 2.05) is 18.2 Å². The SMILES string of the molecule is NC1(C(=O)Nc2ccc3nc(N4CCCC4)sc3c2)CCCC1. The molecule has 0 bridgehead atoms. The molecule has 1 saturated carbocycles. The fourth-order valence-electron chi connectivity index (χ4n) is 3.52. The number of fused-ring (bicyclic) bond motifs is 1. The van der Waals surface area contributed by atoms with Crippen molar-refractivity contribution in [2.24, 2.45) is 5.73 Å². The van der Waals surface area contributed by atoms with Gasteiger partial charge in [0.15, 0.2) is 5.13 Å². The van der Waals surface area contributed by atoms with Crippen molar-refractivity contribution in [3.05, 3.63) is 18.2 Å². The maximum absolute atomic E-state index is 12.4.